The van der Waals surface area contributed by atoms with Crippen LogP contribution in [0.3, 0.4) is 0 Å². The molecule has 0 saturated heterocycles. The van der Waals surface area contributed by atoms with Gasteiger partial charge in [-0.05, 0) is 30.7 Å². The van der Waals surface area contributed by atoms with Gasteiger partial charge in [0.1, 0.15) is 0 Å². The smallest absolute Gasteiger partial charge is 0.416 e. The molecule has 0 atom stereocenters. The van der Waals surface area contributed by atoms with Gasteiger partial charge >= 0.3 is 12.1 Å². The normalized spacial score (nSPS) is 12.4. The molecule has 0 unspecified atom stereocenters. The van der Waals surface area contributed by atoms with E-state index in [4.69, 9.17) is 0 Å². The maximum Gasteiger partial charge on any atom is 0.416 e. The van der Waals surface area contributed by atoms with E-state index in [-0.39, 0.29) is 12.2 Å². The number of hydrogen-bond donors (Lipinski definition) is 0. The van der Waals surface area contributed by atoms with Crippen LogP contribution in [0, 0.1) is 0 Å². The van der Waals surface area contributed by atoms with E-state index in [0.717, 1.165) is 30.3 Å². The van der Waals surface area contributed by atoms with E-state index in [9.17, 15) is 22.4 Å². The predicted molar refractivity (Wildman–Crippen MR) is 57.2 cm³/mol. The molecule has 18 heavy (non-hydrogen) atoms. The van der Waals surface area contributed by atoms with Crippen molar-refractivity contribution in [3.8, 4) is 0 Å². The molecule has 0 heterocycles. The van der Waals surface area contributed by atoms with Crippen LogP contribution < -0.4 is 0 Å². The third kappa shape index (κ3) is 3.87. The molecule has 0 radical (unpaired) electrons. The second-order valence-corrected chi connectivity index (χ2v) is 3.33. The van der Waals surface area contributed by atoms with E-state index in [1.807, 2.05) is 0 Å². The van der Waals surface area contributed by atoms with E-state index in [1.165, 1.54) is 6.92 Å². The van der Waals surface area contributed by atoms with Crippen LogP contribution in [0.1, 0.15) is 18.1 Å². The Labute approximate surface area is 101 Å². The van der Waals surface area contributed by atoms with Crippen LogP contribution >= 0.6 is 0 Å². The monoisotopic (exact) mass is 262 g/mol. The summed E-state index contributed by atoms with van der Waals surface area (Å²) < 4.78 is 54.3. The van der Waals surface area contributed by atoms with Crippen molar-refractivity contribution in [3.63, 3.8) is 0 Å². The number of hydrogen-bond acceptors (Lipinski definition) is 2. The molecule has 0 aromatic heterocycles. The minimum Gasteiger partial charge on any atom is -0.461 e. The highest BCUT2D eigenvalue weighted by Crippen LogP contribution is 2.29. The van der Waals surface area contributed by atoms with Crippen LogP contribution in [0.25, 0.3) is 6.08 Å². The van der Waals surface area contributed by atoms with Crippen molar-refractivity contribution in [1.82, 2.24) is 0 Å². The lowest BCUT2D eigenvalue weighted by Crippen LogP contribution is -2.05. The zero-order chi connectivity index (χ0) is 13.8. The Bertz CT molecular complexity index is 446. The molecule has 0 saturated carbocycles. The van der Waals surface area contributed by atoms with Gasteiger partial charge in [-0.15, -0.1) is 0 Å². The standard InChI is InChI=1S/C12H10F4O2/c1-2-18-11(17)10(13)7-8-3-5-9(6-4-8)12(14,15)16/h3-7H,2H2,1H3. The van der Waals surface area contributed by atoms with Crippen molar-refractivity contribution in [2.24, 2.45) is 0 Å². The topological polar surface area (TPSA) is 26.3 Å². The zero-order valence-electron chi connectivity index (χ0n) is 9.42. The Morgan fingerprint density at radius 2 is 1.83 bits per heavy atom. The molecule has 1 aromatic rings. The maximum absolute atomic E-state index is 13.2. The van der Waals surface area contributed by atoms with Crippen molar-refractivity contribution in [1.29, 1.82) is 0 Å². The number of benzene rings is 1. The molecule has 0 fully saturated rings. The first-order valence-electron chi connectivity index (χ1n) is 5.06. The van der Waals surface area contributed by atoms with Gasteiger partial charge in [0.05, 0.1) is 12.2 Å². The lowest BCUT2D eigenvalue weighted by atomic mass is 10.1. The molecule has 0 aliphatic carbocycles. The van der Waals surface area contributed by atoms with Gasteiger partial charge in [0, 0.05) is 0 Å². The molecule has 98 valence electrons. The van der Waals surface area contributed by atoms with Gasteiger partial charge in [-0.1, -0.05) is 12.1 Å². The molecule has 0 bridgehead atoms. The molecular weight excluding hydrogens is 252 g/mol. The third-order valence-electron chi connectivity index (χ3n) is 2.00. The molecular formula is C12H10F4O2. The van der Waals surface area contributed by atoms with Crippen LogP contribution in [-0.2, 0) is 15.7 Å². The van der Waals surface area contributed by atoms with Gasteiger partial charge in [0.15, 0.2) is 0 Å². The predicted octanol–water partition coefficient (Wildman–Crippen LogP) is 3.58. The van der Waals surface area contributed by atoms with E-state index in [0.29, 0.717) is 0 Å². The lowest BCUT2D eigenvalue weighted by molar-refractivity contribution is -0.140. The summed E-state index contributed by atoms with van der Waals surface area (Å²) in [5.74, 6) is -2.30. The fraction of sp³-hybridized carbons (Fsp3) is 0.250. The first kappa shape index (κ1) is 14.2. The van der Waals surface area contributed by atoms with Gasteiger partial charge in [-0.3, -0.25) is 0 Å². The number of carbonyl (C=O) groups excluding carboxylic acids is 1. The zero-order valence-corrected chi connectivity index (χ0v) is 9.42. The molecule has 6 heteroatoms. The number of rotatable bonds is 3. The molecule has 2 nitrogen and oxygen atoms in total. The van der Waals surface area contributed by atoms with Gasteiger partial charge in [0.25, 0.3) is 0 Å². The van der Waals surface area contributed by atoms with Crippen LogP contribution in [-0.4, -0.2) is 12.6 Å². The minimum atomic E-state index is -4.44. The maximum atomic E-state index is 13.2. The number of carbonyl (C=O) groups is 1. The van der Waals surface area contributed by atoms with E-state index in [2.05, 4.69) is 4.74 Å². The average molecular weight is 262 g/mol. The van der Waals surface area contributed by atoms with E-state index < -0.39 is 23.5 Å². The Morgan fingerprint density at radius 3 is 2.28 bits per heavy atom. The van der Waals surface area contributed by atoms with Gasteiger partial charge in [-0.2, -0.15) is 17.6 Å². The quantitative estimate of drug-likeness (QED) is 0.473. The van der Waals surface area contributed by atoms with Crippen molar-refractivity contribution >= 4 is 12.0 Å². The largest absolute Gasteiger partial charge is 0.461 e. The van der Waals surface area contributed by atoms with Crippen molar-refractivity contribution < 1.29 is 27.1 Å². The van der Waals surface area contributed by atoms with Crippen LogP contribution in [0.2, 0.25) is 0 Å². The lowest BCUT2D eigenvalue weighted by Gasteiger charge is -2.06. The van der Waals surface area contributed by atoms with Gasteiger partial charge < -0.3 is 4.74 Å². The first-order chi connectivity index (χ1) is 8.34. The van der Waals surface area contributed by atoms with Crippen LogP contribution in [0.4, 0.5) is 17.6 Å². The van der Waals surface area contributed by atoms with Crippen molar-refractivity contribution in [3.05, 3.63) is 41.2 Å². The third-order valence-corrected chi connectivity index (χ3v) is 2.00. The molecule has 1 aromatic carbocycles. The Balaban J connectivity index is 2.87. The number of ether oxygens (including phenoxy) is 1. The number of alkyl halides is 3. The summed E-state index contributed by atoms with van der Waals surface area (Å²) in [7, 11) is 0. The summed E-state index contributed by atoms with van der Waals surface area (Å²) >= 11 is 0. The highest BCUT2D eigenvalue weighted by molar-refractivity contribution is 5.91. The molecule has 1 rings (SSSR count). The molecule has 0 aliphatic heterocycles. The molecule has 0 N–H and O–H groups in total. The molecule has 0 aliphatic rings. The van der Waals surface area contributed by atoms with Crippen molar-refractivity contribution in [2.45, 2.75) is 13.1 Å². The van der Waals surface area contributed by atoms with Gasteiger partial charge in [-0.25, -0.2) is 4.79 Å². The summed E-state index contributed by atoms with van der Waals surface area (Å²) in [6, 6.07) is 3.76. The Hall–Kier alpha value is -1.85. The van der Waals surface area contributed by atoms with Gasteiger partial charge in [0.2, 0.25) is 5.83 Å². The van der Waals surface area contributed by atoms with Crippen molar-refractivity contribution in [2.75, 3.05) is 6.61 Å². The molecule has 0 amide bonds. The second-order valence-electron chi connectivity index (χ2n) is 3.33. The number of halogens is 4. The second kappa shape index (κ2) is 5.66. The average Bonchev–Trinajstić information content (AvgIpc) is 2.28. The van der Waals surface area contributed by atoms with Crippen LogP contribution in [0.15, 0.2) is 30.1 Å². The minimum absolute atomic E-state index is 0.0209. The highest BCUT2D eigenvalue weighted by atomic mass is 19.4. The Kier molecular flexibility index (Phi) is 4.47. The summed E-state index contributed by atoms with van der Waals surface area (Å²) in [6.45, 7) is 1.54. The van der Waals surface area contributed by atoms with E-state index >= 15 is 0 Å². The first-order valence-corrected chi connectivity index (χ1v) is 5.06. The fourth-order valence-electron chi connectivity index (χ4n) is 1.17. The molecule has 0 spiro atoms. The SMILES string of the molecule is CCOC(=O)C(F)=Cc1ccc(C(F)(F)F)cc1. The summed E-state index contributed by atoms with van der Waals surface area (Å²) in [5, 5.41) is 0. The summed E-state index contributed by atoms with van der Waals surface area (Å²) in [4.78, 5) is 10.9. The van der Waals surface area contributed by atoms with E-state index in [1.54, 1.807) is 0 Å². The summed E-state index contributed by atoms with van der Waals surface area (Å²) in [6.07, 6.45) is -3.62. The Morgan fingerprint density at radius 1 is 1.28 bits per heavy atom. The summed E-state index contributed by atoms with van der Waals surface area (Å²) in [5.41, 5.74) is -0.690. The highest BCUT2D eigenvalue weighted by Gasteiger charge is 2.29. The van der Waals surface area contributed by atoms with Crippen LogP contribution in [0.5, 0.6) is 0 Å². The number of esters is 1. The fourth-order valence-corrected chi connectivity index (χ4v) is 1.17.